The fourth-order valence-corrected chi connectivity index (χ4v) is 3.69. The van der Waals surface area contributed by atoms with Gasteiger partial charge in [0, 0.05) is 42.4 Å². The van der Waals surface area contributed by atoms with Gasteiger partial charge in [0.1, 0.15) is 11.9 Å². The predicted octanol–water partition coefficient (Wildman–Crippen LogP) is 0.550. The summed E-state index contributed by atoms with van der Waals surface area (Å²) >= 11 is 0. The molecule has 0 radical (unpaired) electrons. The Morgan fingerprint density at radius 3 is 2.74 bits per heavy atom. The summed E-state index contributed by atoms with van der Waals surface area (Å²) in [5.74, 6) is -0.546. The lowest BCUT2D eigenvalue weighted by Crippen LogP contribution is -2.52. The van der Waals surface area contributed by atoms with Crippen LogP contribution in [0.5, 0.6) is 0 Å². The second kappa shape index (κ2) is 6.48. The Morgan fingerprint density at radius 1 is 1.22 bits per heavy atom. The number of pyridine rings is 1. The van der Waals surface area contributed by atoms with Crippen LogP contribution in [0.15, 0.2) is 30.5 Å². The van der Waals surface area contributed by atoms with Crippen molar-refractivity contribution in [2.75, 3.05) is 5.73 Å². The molecular weight excluding hydrogens is 346 g/mol. The summed E-state index contributed by atoms with van der Waals surface area (Å²) in [5, 5.41) is 2.31. The van der Waals surface area contributed by atoms with Crippen molar-refractivity contribution >= 4 is 23.5 Å². The number of hydrogen-bond acceptors (Lipinski definition) is 6. The number of benzene rings is 1. The molecule has 0 spiro atoms. The molecule has 0 aliphatic carbocycles. The molecule has 8 heteroatoms. The van der Waals surface area contributed by atoms with Crippen LogP contribution in [0.2, 0.25) is 0 Å². The number of piperidine rings is 1. The standard InChI is InChI=1S/C19H19N5O3/c20-7-10-6-11(8-22-17(10)21)12-2-1-3-13-14(12)9-24(19(13)27)15-4-5-16(25)23-18(15)26/h1-3,6,8,15H,4-5,7,9,20H2,(H2,21,22)(H,23,25,26). The summed E-state index contributed by atoms with van der Waals surface area (Å²) < 4.78 is 0. The lowest BCUT2D eigenvalue weighted by atomic mass is 9.97. The largest absolute Gasteiger partial charge is 0.383 e. The Morgan fingerprint density at radius 2 is 2.00 bits per heavy atom. The molecule has 1 fully saturated rings. The van der Waals surface area contributed by atoms with Crippen LogP contribution in [-0.2, 0) is 22.7 Å². The molecule has 2 aliphatic rings. The van der Waals surface area contributed by atoms with Gasteiger partial charge < -0.3 is 16.4 Å². The lowest BCUT2D eigenvalue weighted by Gasteiger charge is -2.29. The van der Waals surface area contributed by atoms with Crippen molar-refractivity contribution in [3.8, 4) is 11.1 Å². The van der Waals surface area contributed by atoms with Crippen LogP contribution < -0.4 is 16.8 Å². The summed E-state index contributed by atoms with van der Waals surface area (Å²) in [6.07, 6.45) is 2.22. The van der Waals surface area contributed by atoms with E-state index in [1.54, 1.807) is 18.3 Å². The first-order valence-corrected chi connectivity index (χ1v) is 8.71. The molecule has 8 nitrogen and oxygen atoms in total. The number of aromatic nitrogens is 1. The van der Waals surface area contributed by atoms with E-state index in [0.29, 0.717) is 24.3 Å². The molecule has 1 aromatic carbocycles. The van der Waals surface area contributed by atoms with Crippen molar-refractivity contribution < 1.29 is 14.4 Å². The van der Waals surface area contributed by atoms with Gasteiger partial charge >= 0.3 is 0 Å². The first-order chi connectivity index (χ1) is 13.0. The van der Waals surface area contributed by atoms with Gasteiger partial charge in [-0.25, -0.2) is 4.98 Å². The molecule has 0 saturated carbocycles. The van der Waals surface area contributed by atoms with E-state index in [1.807, 2.05) is 12.1 Å². The van der Waals surface area contributed by atoms with Gasteiger partial charge in [0.2, 0.25) is 11.8 Å². The molecule has 1 saturated heterocycles. The van der Waals surface area contributed by atoms with Crippen molar-refractivity contribution in [1.29, 1.82) is 0 Å². The third kappa shape index (κ3) is 2.83. The molecular formula is C19H19N5O3. The van der Waals surface area contributed by atoms with Gasteiger partial charge in [-0.3, -0.25) is 19.7 Å². The van der Waals surface area contributed by atoms with Gasteiger partial charge in [0.25, 0.3) is 5.91 Å². The van der Waals surface area contributed by atoms with Crippen LogP contribution >= 0.6 is 0 Å². The highest BCUT2D eigenvalue weighted by Gasteiger charge is 2.39. The fraction of sp³-hybridized carbons (Fsp3) is 0.263. The smallest absolute Gasteiger partial charge is 0.255 e. The maximum absolute atomic E-state index is 12.9. The third-order valence-corrected chi connectivity index (χ3v) is 5.11. The van der Waals surface area contributed by atoms with Crippen molar-refractivity contribution in [3.05, 3.63) is 47.2 Å². The molecule has 27 heavy (non-hydrogen) atoms. The van der Waals surface area contributed by atoms with Crippen LogP contribution in [0.25, 0.3) is 11.1 Å². The van der Waals surface area contributed by atoms with Crippen molar-refractivity contribution in [2.24, 2.45) is 5.73 Å². The number of carbonyl (C=O) groups is 3. The fourth-order valence-electron chi connectivity index (χ4n) is 3.69. The third-order valence-electron chi connectivity index (χ3n) is 5.11. The highest BCUT2D eigenvalue weighted by molar-refractivity contribution is 6.06. The quantitative estimate of drug-likeness (QED) is 0.681. The first-order valence-electron chi connectivity index (χ1n) is 8.71. The minimum atomic E-state index is -0.639. The molecule has 1 unspecified atom stereocenters. The summed E-state index contributed by atoms with van der Waals surface area (Å²) in [6.45, 7) is 0.571. The summed E-state index contributed by atoms with van der Waals surface area (Å²) in [5.41, 5.74) is 15.4. The molecule has 3 heterocycles. The molecule has 1 aromatic heterocycles. The monoisotopic (exact) mass is 365 g/mol. The Hall–Kier alpha value is -3.26. The number of hydrogen-bond donors (Lipinski definition) is 3. The zero-order chi connectivity index (χ0) is 19.1. The van der Waals surface area contributed by atoms with E-state index >= 15 is 0 Å². The van der Waals surface area contributed by atoms with Gasteiger partial charge in [0.05, 0.1) is 0 Å². The number of nitrogens with zero attached hydrogens (tertiary/aromatic N) is 2. The van der Waals surface area contributed by atoms with Crippen LogP contribution in [0, 0.1) is 0 Å². The minimum Gasteiger partial charge on any atom is -0.383 e. The number of rotatable bonds is 3. The zero-order valence-corrected chi connectivity index (χ0v) is 14.6. The van der Waals surface area contributed by atoms with E-state index in [-0.39, 0.29) is 24.8 Å². The van der Waals surface area contributed by atoms with Gasteiger partial charge in [-0.2, -0.15) is 0 Å². The number of imide groups is 1. The van der Waals surface area contributed by atoms with E-state index in [0.717, 1.165) is 22.3 Å². The lowest BCUT2D eigenvalue weighted by molar-refractivity contribution is -0.136. The summed E-state index contributed by atoms with van der Waals surface area (Å²) in [6, 6.07) is 6.70. The molecule has 2 aromatic rings. The van der Waals surface area contributed by atoms with Crippen LogP contribution in [0.4, 0.5) is 5.82 Å². The predicted molar refractivity (Wildman–Crippen MR) is 98.0 cm³/mol. The molecule has 138 valence electrons. The highest BCUT2D eigenvalue weighted by atomic mass is 16.2. The van der Waals surface area contributed by atoms with E-state index in [1.165, 1.54) is 4.90 Å². The van der Waals surface area contributed by atoms with Crippen LogP contribution in [0.1, 0.15) is 34.3 Å². The van der Waals surface area contributed by atoms with Crippen molar-refractivity contribution in [1.82, 2.24) is 15.2 Å². The minimum absolute atomic E-state index is 0.205. The summed E-state index contributed by atoms with van der Waals surface area (Å²) in [4.78, 5) is 42.2. The number of fused-ring (bicyclic) bond motifs is 1. The van der Waals surface area contributed by atoms with E-state index in [2.05, 4.69) is 10.3 Å². The number of amides is 3. The molecule has 1 atom stereocenters. The molecule has 5 N–H and O–H groups in total. The van der Waals surface area contributed by atoms with Gasteiger partial charge in [-0.05, 0) is 29.7 Å². The van der Waals surface area contributed by atoms with Crippen LogP contribution in [0.3, 0.4) is 0 Å². The maximum atomic E-state index is 12.9. The van der Waals surface area contributed by atoms with Crippen molar-refractivity contribution in [2.45, 2.75) is 32.0 Å². The van der Waals surface area contributed by atoms with Crippen molar-refractivity contribution in [3.63, 3.8) is 0 Å². The summed E-state index contributed by atoms with van der Waals surface area (Å²) in [7, 11) is 0. The normalized spacial score (nSPS) is 19.2. The SMILES string of the molecule is NCc1cc(-c2cccc3c2CN(C2CCC(=O)NC2=O)C3=O)cnc1N. The van der Waals surface area contributed by atoms with Crippen LogP contribution in [-0.4, -0.2) is 33.6 Å². The Labute approximate surface area is 155 Å². The second-order valence-corrected chi connectivity index (χ2v) is 6.70. The molecule has 4 rings (SSSR count). The number of nitrogen functional groups attached to an aromatic ring is 1. The number of anilines is 1. The highest BCUT2D eigenvalue weighted by Crippen LogP contribution is 2.35. The second-order valence-electron chi connectivity index (χ2n) is 6.70. The molecule has 0 bridgehead atoms. The number of nitrogens with two attached hydrogens (primary N) is 2. The topological polar surface area (TPSA) is 131 Å². The van der Waals surface area contributed by atoms with Gasteiger partial charge in [-0.1, -0.05) is 12.1 Å². The Bertz CT molecular complexity index is 972. The number of carbonyl (C=O) groups excluding carboxylic acids is 3. The zero-order valence-electron chi connectivity index (χ0n) is 14.6. The van der Waals surface area contributed by atoms with E-state index < -0.39 is 11.9 Å². The molecule has 3 amide bonds. The maximum Gasteiger partial charge on any atom is 0.255 e. The Balaban J connectivity index is 1.71. The van der Waals surface area contributed by atoms with E-state index in [9.17, 15) is 14.4 Å². The average Bonchev–Trinajstić information content (AvgIpc) is 2.99. The number of nitrogens with one attached hydrogen (secondary N) is 1. The Kier molecular flexibility index (Phi) is 4.12. The average molecular weight is 365 g/mol. The van der Waals surface area contributed by atoms with E-state index in [4.69, 9.17) is 11.5 Å². The first kappa shape index (κ1) is 17.2. The van der Waals surface area contributed by atoms with Gasteiger partial charge in [0.15, 0.2) is 0 Å². The van der Waals surface area contributed by atoms with Gasteiger partial charge in [-0.15, -0.1) is 0 Å². The molecule has 2 aliphatic heterocycles.